The third-order valence-electron chi connectivity index (χ3n) is 4.90. The van der Waals surface area contributed by atoms with Gasteiger partial charge in [0, 0.05) is 29.6 Å². The summed E-state index contributed by atoms with van der Waals surface area (Å²) in [5.41, 5.74) is 1.33. The molecule has 166 valence electrons. The quantitative estimate of drug-likeness (QED) is 0.462. The molecule has 0 bridgehead atoms. The minimum atomic E-state index is -3.93. The van der Waals surface area contributed by atoms with Crippen LogP contribution in [0.3, 0.4) is 0 Å². The van der Waals surface area contributed by atoms with Gasteiger partial charge < -0.3 is 10.1 Å². The van der Waals surface area contributed by atoms with Crippen LogP contribution in [0.2, 0.25) is 5.02 Å². The zero-order valence-corrected chi connectivity index (χ0v) is 19.1. The van der Waals surface area contributed by atoms with Crippen LogP contribution in [0.15, 0.2) is 77.7 Å². The number of nitrogens with one attached hydrogen (secondary N) is 1. The van der Waals surface area contributed by atoms with E-state index >= 15 is 0 Å². The standard InChI is InChI=1S/C24H22ClNO5S/c1-16(27)26-20-9-13-22(14-10-20)32(29,30)24(18-5-11-21(31-2)12-6-18)15-23(28)17-3-7-19(25)8-4-17/h3-14,24H,15H2,1-2H3,(H,26,27)/t24-/m1/s1. The maximum Gasteiger partial charge on any atom is 0.221 e. The van der Waals surface area contributed by atoms with Crippen molar-refractivity contribution in [2.75, 3.05) is 12.4 Å². The molecule has 0 aliphatic carbocycles. The van der Waals surface area contributed by atoms with Crippen LogP contribution in [0.25, 0.3) is 0 Å². The molecule has 0 aliphatic heterocycles. The van der Waals surface area contributed by atoms with Crippen LogP contribution in [-0.2, 0) is 14.6 Å². The number of benzene rings is 3. The Hall–Kier alpha value is -3.16. The molecule has 6 nitrogen and oxygen atoms in total. The van der Waals surface area contributed by atoms with Crippen molar-refractivity contribution >= 4 is 38.8 Å². The zero-order valence-electron chi connectivity index (χ0n) is 17.5. The molecule has 0 saturated heterocycles. The summed E-state index contributed by atoms with van der Waals surface area (Å²) in [4.78, 5) is 24.2. The summed E-state index contributed by atoms with van der Waals surface area (Å²) >= 11 is 5.90. The van der Waals surface area contributed by atoms with Crippen LogP contribution >= 0.6 is 11.6 Å². The Labute approximate surface area is 192 Å². The van der Waals surface area contributed by atoms with Crippen LogP contribution in [0.4, 0.5) is 5.69 Å². The van der Waals surface area contributed by atoms with Crippen LogP contribution in [-0.4, -0.2) is 27.2 Å². The Morgan fingerprint density at radius 3 is 2.06 bits per heavy atom. The molecule has 1 atom stereocenters. The molecule has 0 saturated carbocycles. The van der Waals surface area contributed by atoms with Crippen molar-refractivity contribution in [3.05, 3.63) is 88.9 Å². The largest absolute Gasteiger partial charge is 0.497 e. The fourth-order valence-corrected chi connectivity index (χ4v) is 5.10. The lowest BCUT2D eigenvalue weighted by Gasteiger charge is -2.19. The van der Waals surface area contributed by atoms with Crippen molar-refractivity contribution in [2.45, 2.75) is 23.5 Å². The van der Waals surface area contributed by atoms with Gasteiger partial charge in [0.1, 0.15) is 5.75 Å². The van der Waals surface area contributed by atoms with E-state index in [1.54, 1.807) is 48.5 Å². The molecule has 3 rings (SSSR count). The van der Waals surface area contributed by atoms with Crippen LogP contribution in [0.5, 0.6) is 5.75 Å². The fraction of sp³-hybridized carbons (Fsp3) is 0.167. The molecule has 3 aromatic rings. The molecule has 32 heavy (non-hydrogen) atoms. The maximum absolute atomic E-state index is 13.5. The number of rotatable bonds is 8. The second kappa shape index (κ2) is 9.97. The third-order valence-corrected chi connectivity index (χ3v) is 7.27. The molecule has 0 fully saturated rings. The van der Waals surface area contributed by atoms with Gasteiger partial charge in [-0.15, -0.1) is 0 Å². The lowest BCUT2D eigenvalue weighted by Crippen LogP contribution is -2.18. The van der Waals surface area contributed by atoms with Gasteiger partial charge in [-0.1, -0.05) is 23.7 Å². The predicted octanol–water partition coefficient (Wildman–Crippen LogP) is 5.10. The van der Waals surface area contributed by atoms with Gasteiger partial charge in [0.05, 0.1) is 17.3 Å². The molecule has 0 aliphatic rings. The SMILES string of the molecule is COc1ccc([C@@H](CC(=O)c2ccc(Cl)cc2)S(=O)(=O)c2ccc(NC(C)=O)cc2)cc1. The van der Waals surface area contributed by atoms with Crippen molar-refractivity contribution in [3.63, 3.8) is 0 Å². The topological polar surface area (TPSA) is 89.5 Å². The molecular weight excluding hydrogens is 450 g/mol. The maximum atomic E-state index is 13.5. The van der Waals surface area contributed by atoms with Gasteiger partial charge in [-0.2, -0.15) is 0 Å². The van der Waals surface area contributed by atoms with E-state index in [9.17, 15) is 18.0 Å². The van der Waals surface area contributed by atoms with E-state index in [0.29, 0.717) is 27.6 Å². The Bertz CT molecular complexity index is 1200. The normalized spacial score (nSPS) is 12.1. The number of halogens is 1. The average Bonchev–Trinajstić information content (AvgIpc) is 2.78. The number of hydrogen-bond donors (Lipinski definition) is 1. The second-order valence-electron chi connectivity index (χ2n) is 7.15. The van der Waals surface area contributed by atoms with Crippen molar-refractivity contribution in [1.29, 1.82) is 0 Å². The molecule has 1 amide bonds. The summed E-state index contributed by atoms with van der Waals surface area (Å²) in [5.74, 6) is -0.000195. The van der Waals surface area contributed by atoms with Crippen molar-refractivity contribution < 1.29 is 22.7 Å². The van der Waals surface area contributed by atoms with Crippen molar-refractivity contribution in [1.82, 2.24) is 0 Å². The Morgan fingerprint density at radius 2 is 1.53 bits per heavy atom. The zero-order chi connectivity index (χ0) is 23.3. The van der Waals surface area contributed by atoms with E-state index in [2.05, 4.69) is 5.32 Å². The van der Waals surface area contributed by atoms with E-state index < -0.39 is 15.1 Å². The summed E-state index contributed by atoms with van der Waals surface area (Å²) in [7, 11) is -2.41. The van der Waals surface area contributed by atoms with Crippen molar-refractivity contribution in [2.24, 2.45) is 0 Å². The van der Waals surface area contributed by atoms with Crippen LogP contribution < -0.4 is 10.1 Å². The highest BCUT2D eigenvalue weighted by atomic mass is 35.5. The number of methoxy groups -OCH3 is 1. The number of amides is 1. The van der Waals surface area contributed by atoms with E-state index in [4.69, 9.17) is 16.3 Å². The van der Waals surface area contributed by atoms with Gasteiger partial charge >= 0.3 is 0 Å². The number of ether oxygens (including phenoxy) is 1. The lowest BCUT2D eigenvalue weighted by atomic mass is 10.0. The molecule has 0 heterocycles. The number of sulfone groups is 1. The molecule has 8 heteroatoms. The summed E-state index contributed by atoms with van der Waals surface area (Å²) < 4.78 is 32.3. The first-order valence-electron chi connectivity index (χ1n) is 9.75. The molecule has 0 spiro atoms. The summed E-state index contributed by atoms with van der Waals surface area (Å²) in [5, 5.41) is 1.98. The number of carbonyl (C=O) groups is 2. The van der Waals surface area contributed by atoms with E-state index in [1.165, 1.54) is 38.3 Å². The van der Waals surface area contributed by atoms with Gasteiger partial charge in [0.15, 0.2) is 15.6 Å². The predicted molar refractivity (Wildman–Crippen MR) is 124 cm³/mol. The Morgan fingerprint density at radius 1 is 0.938 bits per heavy atom. The highest BCUT2D eigenvalue weighted by molar-refractivity contribution is 7.91. The van der Waals surface area contributed by atoms with Crippen molar-refractivity contribution in [3.8, 4) is 5.75 Å². The number of ketones is 1. The van der Waals surface area contributed by atoms with Gasteiger partial charge in [0.25, 0.3) is 0 Å². The van der Waals surface area contributed by atoms with Crippen LogP contribution in [0.1, 0.15) is 34.5 Å². The Kier molecular flexibility index (Phi) is 7.33. The number of Topliss-reactive ketones (excluding diaryl/α,β-unsaturated/α-hetero) is 1. The number of hydrogen-bond acceptors (Lipinski definition) is 5. The first kappa shape index (κ1) is 23.5. The minimum absolute atomic E-state index is 0.0522. The molecule has 0 aromatic heterocycles. The molecule has 1 N–H and O–H groups in total. The average molecular weight is 472 g/mol. The lowest BCUT2D eigenvalue weighted by molar-refractivity contribution is -0.114. The minimum Gasteiger partial charge on any atom is -0.497 e. The molecule has 0 unspecified atom stereocenters. The van der Waals surface area contributed by atoms with Crippen LogP contribution in [0, 0.1) is 0 Å². The van der Waals surface area contributed by atoms with E-state index in [-0.39, 0.29) is 23.0 Å². The van der Waals surface area contributed by atoms with Gasteiger partial charge in [-0.25, -0.2) is 8.42 Å². The third kappa shape index (κ3) is 5.55. The molecular formula is C24H22ClNO5S. The number of carbonyl (C=O) groups excluding carboxylic acids is 2. The summed E-state index contributed by atoms with van der Waals surface area (Å²) in [6.45, 7) is 1.37. The summed E-state index contributed by atoms with van der Waals surface area (Å²) in [6.07, 6.45) is -0.246. The van der Waals surface area contributed by atoms with Gasteiger partial charge in [-0.05, 0) is 66.2 Å². The van der Waals surface area contributed by atoms with E-state index in [0.717, 1.165) is 0 Å². The first-order valence-corrected chi connectivity index (χ1v) is 11.7. The van der Waals surface area contributed by atoms with E-state index in [1.807, 2.05) is 0 Å². The highest BCUT2D eigenvalue weighted by Crippen LogP contribution is 2.34. The molecule has 0 radical (unpaired) electrons. The molecule has 3 aromatic carbocycles. The van der Waals surface area contributed by atoms with Gasteiger partial charge in [-0.3, -0.25) is 9.59 Å². The Balaban J connectivity index is 1.99. The summed E-state index contributed by atoms with van der Waals surface area (Å²) in [6, 6.07) is 18.8. The monoisotopic (exact) mass is 471 g/mol. The van der Waals surface area contributed by atoms with Gasteiger partial charge in [0.2, 0.25) is 5.91 Å². The smallest absolute Gasteiger partial charge is 0.221 e. The second-order valence-corrected chi connectivity index (χ2v) is 9.71. The highest BCUT2D eigenvalue weighted by Gasteiger charge is 2.31. The fourth-order valence-electron chi connectivity index (χ4n) is 3.24. The first-order chi connectivity index (χ1) is 15.2. The number of anilines is 1.